The molecule has 0 saturated heterocycles. The van der Waals surface area contributed by atoms with Gasteiger partial charge in [-0.1, -0.05) is 57.0 Å². The van der Waals surface area contributed by atoms with E-state index in [1.807, 2.05) is 13.0 Å². The summed E-state index contributed by atoms with van der Waals surface area (Å²) in [5, 5.41) is 27.7. The molecule has 330 valence electrons. The second-order valence-electron chi connectivity index (χ2n) is 13.9. The molecule has 0 aliphatic carbocycles. The van der Waals surface area contributed by atoms with Crippen LogP contribution in [0.25, 0.3) is 44.5 Å². The first-order chi connectivity index (χ1) is 30.7. The Morgan fingerprint density at radius 3 is 1.77 bits per heavy atom. The zero-order valence-corrected chi connectivity index (χ0v) is 35.7. The molecule has 0 bridgehead atoms. The Labute approximate surface area is 371 Å². The summed E-state index contributed by atoms with van der Waals surface area (Å²) < 4.78 is 78.9. The smallest absolute Gasteiger partial charge is 0.338 e. The van der Waals surface area contributed by atoms with Gasteiger partial charge in [0.25, 0.3) is 0 Å². The van der Waals surface area contributed by atoms with E-state index in [1.54, 1.807) is 56.3 Å². The van der Waals surface area contributed by atoms with Gasteiger partial charge in [0.2, 0.25) is 0 Å². The largest absolute Gasteiger partial charge is 0.507 e. The number of ether oxygens (including phenoxy) is 3. The number of terminal acetylenes is 1. The lowest BCUT2D eigenvalue weighted by Gasteiger charge is -2.14. The minimum absolute atomic E-state index is 0.0870. The number of halogens is 4. The molecule has 0 spiro atoms. The van der Waals surface area contributed by atoms with Crippen LogP contribution < -0.4 is 14.2 Å². The third-order valence-electron chi connectivity index (χ3n) is 8.86. The number of carboxylic acids is 1. The number of aromatic hydroxyl groups is 2. The minimum atomic E-state index is -0.935. The van der Waals surface area contributed by atoms with E-state index in [0.717, 1.165) is 24.1 Å². The Morgan fingerprint density at radius 1 is 0.625 bits per heavy atom. The summed E-state index contributed by atoms with van der Waals surface area (Å²) >= 11 is 0. The Balaban J connectivity index is 0.000000298. The van der Waals surface area contributed by atoms with E-state index in [1.165, 1.54) is 69.0 Å². The monoisotopic (exact) mass is 875 g/mol. The molecule has 0 saturated carbocycles. The summed E-state index contributed by atoms with van der Waals surface area (Å²) in [6.45, 7) is 17.0. The summed E-state index contributed by atoms with van der Waals surface area (Å²) in [5.41, 5.74) is 4.01. The molecular weight excluding hydrogens is 829 g/mol. The lowest BCUT2D eigenvalue weighted by Crippen LogP contribution is -2.09. The normalized spacial score (nSPS) is 10.1. The number of aryl methyl sites for hydroxylation is 1. The van der Waals surface area contributed by atoms with Crippen molar-refractivity contribution in [2.45, 2.75) is 34.1 Å². The Kier molecular flexibility index (Phi) is 17.7. The van der Waals surface area contributed by atoms with Crippen molar-refractivity contribution in [3.8, 4) is 86.1 Å². The van der Waals surface area contributed by atoms with E-state index < -0.39 is 35.2 Å². The molecule has 0 aliphatic rings. The van der Waals surface area contributed by atoms with Gasteiger partial charge in [-0.25, -0.2) is 27.2 Å². The number of carbonyl (C=O) groups excluding carboxylic acids is 1. The zero-order chi connectivity index (χ0) is 48.5. The van der Waals surface area contributed by atoms with Crippen LogP contribution in [0.5, 0.6) is 28.7 Å². The number of hydrogen-bond acceptors (Lipinski definition) is 7. The molecule has 0 aliphatic heterocycles. The molecule has 0 atom stereocenters. The molecule has 0 amide bonds. The topological polar surface area (TPSA) is 123 Å². The summed E-state index contributed by atoms with van der Waals surface area (Å²) in [5.74, 6) is -2.52. The molecule has 0 aromatic heterocycles. The number of aliphatic carboxylic acids is 1. The van der Waals surface area contributed by atoms with Gasteiger partial charge < -0.3 is 29.5 Å². The summed E-state index contributed by atoms with van der Waals surface area (Å²) in [6, 6.07) is 26.2. The number of carboxylic acid groups (broad SMARTS) is 1. The number of allylic oxidation sites excluding steroid dienone is 1. The number of carbonyl (C=O) groups is 2. The van der Waals surface area contributed by atoms with Gasteiger partial charge in [-0.2, -0.15) is 0 Å². The molecule has 0 heterocycles. The highest BCUT2D eigenvalue weighted by molar-refractivity contribution is 5.90. The van der Waals surface area contributed by atoms with Crippen LogP contribution in [0.1, 0.15) is 34.6 Å². The number of esters is 1. The summed E-state index contributed by atoms with van der Waals surface area (Å²) in [4.78, 5) is 21.6. The van der Waals surface area contributed by atoms with Crippen LogP contribution in [0.4, 0.5) is 17.6 Å². The maximum absolute atomic E-state index is 15.2. The van der Waals surface area contributed by atoms with E-state index >= 15 is 4.39 Å². The van der Waals surface area contributed by atoms with Crippen molar-refractivity contribution < 1.29 is 58.1 Å². The third kappa shape index (κ3) is 13.7. The predicted molar refractivity (Wildman–Crippen MR) is 242 cm³/mol. The van der Waals surface area contributed by atoms with E-state index in [-0.39, 0.29) is 56.4 Å². The van der Waals surface area contributed by atoms with Gasteiger partial charge in [-0.3, -0.25) is 0 Å². The van der Waals surface area contributed by atoms with Crippen molar-refractivity contribution in [2.24, 2.45) is 0 Å². The Bertz CT molecular complexity index is 2760. The molecule has 6 aromatic carbocycles. The maximum Gasteiger partial charge on any atom is 0.338 e. The van der Waals surface area contributed by atoms with Crippen molar-refractivity contribution in [3.05, 3.63) is 175 Å². The van der Waals surface area contributed by atoms with E-state index in [9.17, 15) is 33.0 Å². The first kappa shape index (κ1) is 48.6. The summed E-state index contributed by atoms with van der Waals surface area (Å²) in [7, 11) is 1.47. The van der Waals surface area contributed by atoms with Gasteiger partial charge in [0.05, 0.1) is 12.9 Å². The molecule has 12 heteroatoms. The number of methoxy groups -OCH3 is 1. The number of phenolic OH excluding ortho intramolecular Hbond substituents is 2. The second kappa shape index (κ2) is 23.3. The van der Waals surface area contributed by atoms with Crippen LogP contribution in [-0.2, 0) is 16.0 Å². The van der Waals surface area contributed by atoms with Crippen molar-refractivity contribution in [1.29, 1.82) is 0 Å². The lowest BCUT2D eigenvalue weighted by atomic mass is 9.97. The molecule has 3 N–H and O–H groups in total. The zero-order valence-electron chi connectivity index (χ0n) is 36.7. The number of phenols is 2. The molecule has 6 rings (SSSR count). The van der Waals surface area contributed by atoms with Gasteiger partial charge in [-0.15, -0.1) is 12.8 Å². The van der Waals surface area contributed by atoms with Crippen molar-refractivity contribution in [3.63, 3.8) is 0 Å². The standard InChI is InChI=1S/C27H24F2O3.C19H14F2O3.C4H6O2.C2H2/c1-6-18-7-10-26(32-27(30)16(2)3)24(11-18)23-9-8-19(14-25(23)29)20-12-21(28)15-22(13-20)31-17(4)5;1-24-13-4-7-19(23)16(10-13)14-5-2-11(8-17(14)21)15-9-12(20)3-6-18(15)22;1-3(2)4(5)6;1-2/h7-15H,2,4,6H2,1,3,5H3;2-10,22-23H,1H3;1H2,2H3,(H,5,6);1-2H/i;;;1D. The fourth-order valence-corrected chi connectivity index (χ4v) is 5.68. The average Bonchev–Trinajstić information content (AvgIpc) is 3.25. The fourth-order valence-electron chi connectivity index (χ4n) is 5.68. The quantitative estimate of drug-likeness (QED) is 0.0294. The first-order valence-electron chi connectivity index (χ1n) is 19.6. The van der Waals surface area contributed by atoms with E-state index in [4.69, 9.17) is 20.7 Å². The lowest BCUT2D eigenvalue weighted by molar-refractivity contribution is -0.132. The summed E-state index contributed by atoms with van der Waals surface area (Å²) in [6.07, 6.45) is 6.50. The van der Waals surface area contributed by atoms with Gasteiger partial charge in [-0.05, 0) is 122 Å². The fraction of sp³-hybridized carbons (Fsp3) is 0.115. The molecule has 0 fully saturated rings. The van der Waals surface area contributed by atoms with Crippen LogP contribution in [0.15, 0.2) is 146 Å². The first-order valence-corrected chi connectivity index (χ1v) is 19.1. The SMILES string of the molecule is C=C(C)C(=O)O.C=C(C)Oc1cc(F)cc(-c2ccc(-c3cc(CC)ccc3OC(=O)C(=C)C)c(F)c2)c1.COc1ccc(O)c(-c2ccc(-c3cc(F)ccc3O)cc2F)c1.[2H]C#C. The van der Waals surface area contributed by atoms with Crippen LogP contribution in [-0.4, -0.2) is 34.4 Å². The minimum Gasteiger partial charge on any atom is -0.507 e. The Hall–Kier alpha value is -8.04. The molecular formula is C52H46F4O8. The van der Waals surface area contributed by atoms with Gasteiger partial charge in [0, 0.05) is 45.0 Å². The van der Waals surface area contributed by atoms with E-state index in [0.29, 0.717) is 33.8 Å². The highest BCUT2D eigenvalue weighted by Gasteiger charge is 2.18. The molecule has 0 radical (unpaired) electrons. The molecule has 8 nitrogen and oxygen atoms in total. The van der Waals surface area contributed by atoms with Gasteiger partial charge >= 0.3 is 11.9 Å². The van der Waals surface area contributed by atoms with Gasteiger partial charge in [0.1, 0.15) is 53.4 Å². The predicted octanol–water partition coefficient (Wildman–Crippen LogP) is 12.9. The number of benzene rings is 6. The highest BCUT2D eigenvalue weighted by Crippen LogP contribution is 2.39. The van der Waals surface area contributed by atoms with Crippen molar-refractivity contribution in [1.82, 2.24) is 0 Å². The third-order valence-corrected chi connectivity index (χ3v) is 8.86. The van der Waals surface area contributed by atoms with E-state index in [2.05, 4.69) is 26.2 Å². The molecule has 0 unspecified atom stereocenters. The number of hydrogen-bond donors (Lipinski definition) is 3. The van der Waals surface area contributed by atoms with Crippen molar-refractivity contribution >= 4 is 11.9 Å². The number of rotatable bonds is 11. The van der Waals surface area contributed by atoms with Crippen molar-refractivity contribution in [2.75, 3.05) is 7.11 Å². The van der Waals surface area contributed by atoms with Crippen LogP contribution >= 0.6 is 0 Å². The Morgan fingerprint density at radius 2 is 1.20 bits per heavy atom. The van der Waals surface area contributed by atoms with Gasteiger partial charge in [0.15, 0.2) is 0 Å². The molecule has 6 aromatic rings. The maximum atomic E-state index is 15.2. The van der Waals surface area contributed by atoms with Crippen LogP contribution in [0.2, 0.25) is 0 Å². The second-order valence-corrected chi connectivity index (χ2v) is 13.9. The molecule has 64 heavy (non-hydrogen) atoms. The average molecular weight is 876 g/mol. The van der Waals surface area contributed by atoms with Crippen LogP contribution in [0.3, 0.4) is 0 Å². The highest BCUT2D eigenvalue weighted by atomic mass is 19.1. The van der Waals surface area contributed by atoms with Crippen LogP contribution in [0, 0.1) is 36.1 Å².